The van der Waals surface area contributed by atoms with Crippen LogP contribution in [0.15, 0.2) is 115 Å². The Kier molecular flexibility index (Phi) is 9.46. The molecule has 1 saturated heterocycles. The lowest BCUT2D eigenvalue weighted by Crippen LogP contribution is -2.38. The monoisotopic (exact) mass is 620 g/mol. The maximum absolute atomic E-state index is 13.3. The van der Waals surface area contributed by atoms with E-state index in [0.717, 1.165) is 16.7 Å². The van der Waals surface area contributed by atoms with E-state index in [1.807, 2.05) is 48.5 Å². The number of aromatic amines is 1. The van der Waals surface area contributed by atoms with Gasteiger partial charge in [0.05, 0.1) is 18.8 Å². The molecule has 1 unspecified atom stereocenters. The summed E-state index contributed by atoms with van der Waals surface area (Å²) in [5, 5.41) is 20.1. The lowest BCUT2D eigenvalue weighted by atomic mass is 9.84. The zero-order valence-electron chi connectivity index (χ0n) is 24.5. The van der Waals surface area contributed by atoms with Crippen molar-refractivity contribution in [2.75, 3.05) is 11.1 Å². The molecule has 6 rings (SSSR count). The molecule has 1 amide bonds. The van der Waals surface area contributed by atoms with E-state index in [2.05, 4.69) is 32.6 Å². The number of carbonyl (C=O) groups excluding carboxylic acids is 2. The van der Waals surface area contributed by atoms with Crippen LogP contribution in [0.5, 0.6) is 0 Å². The molecule has 4 atom stereocenters. The second-order valence-corrected chi connectivity index (χ2v) is 11.7. The Balaban J connectivity index is 1.32. The van der Waals surface area contributed by atoms with Crippen LogP contribution in [0.3, 0.4) is 0 Å². The number of benzene rings is 4. The molecule has 3 N–H and O–H groups in total. The highest BCUT2D eigenvalue weighted by Gasteiger charge is 2.42. The first kappa shape index (κ1) is 30.4. The molecule has 9 nitrogen and oxygen atoms in total. The number of ketones is 1. The van der Waals surface area contributed by atoms with Crippen LogP contribution in [0.2, 0.25) is 0 Å². The Morgan fingerprint density at radius 1 is 0.867 bits per heavy atom. The third-order valence-electron chi connectivity index (χ3n) is 7.70. The molecule has 1 aliphatic heterocycles. The molecular weight excluding hydrogens is 588 g/mol. The number of amides is 1. The summed E-state index contributed by atoms with van der Waals surface area (Å²) in [7, 11) is 0. The number of thioether (sulfide) groups is 1. The highest BCUT2D eigenvalue weighted by atomic mass is 32.2. The quantitative estimate of drug-likeness (QED) is 0.120. The molecule has 2 heterocycles. The zero-order chi connectivity index (χ0) is 31.2. The number of anilines is 1. The van der Waals surface area contributed by atoms with Gasteiger partial charge in [-0.3, -0.25) is 14.7 Å². The molecule has 228 valence electrons. The van der Waals surface area contributed by atoms with E-state index in [-0.39, 0.29) is 30.3 Å². The number of carbonyl (C=O) groups is 2. The Bertz CT molecular complexity index is 1750. The maximum Gasteiger partial charge on any atom is 0.255 e. The van der Waals surface area contributed by atoms with E-state index < -0.39 is 12.4 Å². The SMILES string of the molecule is CC(=O)c1cccc(NC(=O)c2cccc(C3O[C@H](CSc4ncn[nH]4)[C@@H](c4ccccc4)[C@H](c4ccc(CO)cc4)O3)c2)c1. The molecule has 1 aromatic heterocycles. The number of nitrogens with zero attached hydrogens (tertiary/aromatic N) is 2. The van der Waals surface area contributed by atoms with Crippen molar-refractivity contribution in [2.24, 2.45) is 0 Å². The molecule has 0 saturated carbocycles. The standard InChI is InChI=1S/C35H32N4O5S/c1-22(41)26-9-6-12-29(18-26)38-33(42)27-10-5-11-28(17-27)34-43-30(20-45-35-36-21-37-39-35)31(24-7-3-2-4-8-24)32(44-34)25-15-13-23(19-40)14-16-25/h2-18,21,30-32,34,40H,19-20H2,1H3,(H,38,42)(H,36,37,39)/t30-,31-,32+,34?/m1/s1. The van der Waals surface area contributed by atoms with Crippen molar-refractivity contribution in [2.45, 2.75) is 43.1 Å². The number of nitrogens with one attached hydrogen (secondary N) is 2. The number of hydrogen-bond acceptors (Lipinski definition) is 8. The largest absolute Gasteiger partial charge is 0.392 e. The molecule has 4 aromatic carbocycles. The van der Waals surface area contributed by atoms with Gasteiger partial charge in [-0.25, -0.2) is 4.98 Å². The van der Waals surface area contributed by atoms with Gasteiger partial charge in [-0.15, -0.1) is 0 Å². The second kappa shape index (κ2) is 14.0. The molecule has 0 spiro atoms. The van der Waals surface area contributed by atoms with E-state index in [1.165, 1.54) is 25.0 Å². The van der Waals surface area contributed by atoms with Crippen molar-refractivity contribution >= 4 is 29.1 Å². The van der Waals surface area contributed by atoms with Gasteiger partial charge in [0.1, 0.15) is 6.33 Å². The lowest BCUT2D eigenvalue weighted by molar-refractivity contribution is -0.255. The van der Waals surface area contributed by atoms with Gasteiger partial charge in [0.15, 0.2) is 17.2 Å². The molecule has 1 fully saturated rings. The van der Waals surface area contributed by atoms with Crippen LogP contribution in [0.25, 0.3) is 0 Å². The van der Waals surface area contributed by atoms with Gasteiger partial charge in [-0.2, -0.15) is 5.10 Å². The van der Waals surface area contributed by atoms with Crippen molar-refractivity contribution in [3.63, 3.8) is 0 Å². The van der Waals surface area contributed by atoms with Crippen molar-refractivity contribution < 1.29 is 24.2 Å². The zero-order valence-corrected chi connectivity index (χ0v) is 25.3. The van der Waals surface area contributed by atoms with Gasteiger partial charge in [0.25, 0.3) is 5.91 Å². The Hall–Kier alpha value is -4.61. The minimum absolute atomic E-state index is 0.0516. The molecule has 0 aliphatic carbocycles. The van der Waals surface area contributed by atoms with Crippen LogP contribution in [0.1, 0.15) is 68.2 Å². The van der Waals surface area contributed by atoms with Crippen LogP contribution >= 0.6 is 11.8 Å². The van der Waals surface area contributed by atoms with Gasteiger partial charge in [0, 0.05) is 34.0 Å². The number of H-pyrrole nitrogens is 1. The van der Waals surface area contributed by atoms with Crippen LogP contribution in [0, 0.1) is 0 Å². The summed E-state index contributed by atoms with van der Waals surface area (Å²) in [6, 6.07) is 31.9. The summed E-state index contributed by atoms with van der Waals surface area (Å²) in [4.78, 5) is 29.4. The van der Waals surface area contributed by atoms with Crippen molar-refractivity contribution in [3.05, 3.63) is 143 Å². The average molecular weight is 621 g/mol. The number of Topliss-reactive ketones (excluding diaryl/α,β-unsaturated/α-hetero) is 1. The van der Waals surface area contributed by atoms with Gasteiger partial charge in [-0.05, 0) is 47.9 Å². The molecule has 1 aliphatic rings. The molecule has 5 aromatic rings. The van der Waals surface area contributed by atoms with E-state index in [9.17, 15) is 14.7 Å². The Morgan fingerprint density at radius 3 is 2.36 bits per heavy atom. The number of rotatable bonds is 10. The van der Waals surface area contributed by atoms with Crippen LogP contribution in [0.4, 0.5) is 5.69 Å². The third-order valence-corrected chi connectivity index (χ3v) is 8.66. The van der Waals surface area contributed by atoms with E-state index in [4.69, 9.17) is 9.47 Å². The summed E-state index contributed by atoms with van der Waals surface area (Å²) in [5.41, 5.74) is 4.99. The normalized spacial score (nSPS) is 19.6. The van der Waals surface area contributed by atoms with E-state index in [1.54, 1.807) is 42.5 Å². The average Bonchev–Trinajstić information content (AvgIpc) is 3.61. The van der Waals surface area contributed by atoms with Gasteiger partial charge < -0.3 is 19.9 Å². The van der Waals surface area contributed by atoms with Crippen molar-refractivity contribution in [3.8, 4) is 0 Å². The molecule has 0 radical (unpaired) electrons. The molecule has 0 bridgehead atoms. The minimum Gasteiger partial charge on any atom is -0.392 e. The Labute approximate surface area is 265 Å². The predicted octanol–water partition coefficient (Wildman–Crippen LogP) is 6.48. The molecular formula is C35H32N4O5S. The second-order valence-electron chi connectivity index (χ2n) is 10.7. The van der Waals surface area contributed by atoms with Gasteiger partial charge in [-0.1, -0.05) is 90.6 Å². The number of aliphatic hydroxyl groups is 1. The first-order valence-electron chi connectivity index (χ1n) is 14.5. The first-order chi connectivity index (χ1) is 22.0. The fourth-order valence-corrected chi connectivity index (χ4v) is 6.27. The van der Waals surface area contributed by atoms with Crippen LogP contribution < -0.4 is 5.32 Å². The van der Waals surface area contributed by atoms with E-state index in [0.29, 0.717) is 33.3 Å². The summed E-state index contributed by atoms with van der Waals surface area (Å²) in [6.07, 6.45) is -0.00788. The highest BCUT2D eigenvalue weighted by Crippen LogP contribution is 2.48. The summed E-state index contributed by atoms with van der Waals surface area (Å²) in [6.45, 7) is 1.44. The number of ether oxygens (including phenoxy) is 2. The number of aromatic nitrogens is 3. The highest BCUT2D eigenvalue weighted by molar-refractivity contribution is 7.99. The van der Waals surface area contributed by atoms with E-state index >= 15 is 0 Å². The lowest BCUT2D eigenvalue weighted by Gasteiger charge is -2.43. The smallest absolute Gasteiger partial charge is 0.255 e. The maximum atomic E-state index is 13.3. The summed E-state index contributed by atoms with van der Waals surface area (Å²) in [5.74, 6) is -0.000905. The topological polar surface area (TPSA) is 126 Å². The molecule has 10 heteroatoms. The summed E-state index contributed by atoms with van der Waals surface area (Å²) < 4.78 is 13.5. The van der Waals surface area contributed by atoms with Gasteiger partial charge >= 0.3 is 0 Å². The first-order valence-corrected chi connectivity index (χ1v) is 15.5. The van der Waals surface area contributed by atoms with Gasteiger partial charge in [0.2, 0.25) is 0 Å². The van der Waals surface area contributed by atoms with Crippen LogP contribution in [-0.4, -0.2) is 43.8 Å². The van der Waals surface area contributed by atoms with Crippen LogP contribution in [-0.2, 0) is 16.1 Å². The molecule has 45 heavy (non-hydrogen) atoms. The summed E-state index contributed by atoms with van der Waals surface area (Å²) >= 11 is 1.51. The van der Waals surface area contributed by atoms with Crippen molar-refractivity contribution in [1.82, 2.24) is 15.2 Å². The third kappa shape index (κ3) is 7.21. The number of hydrogen-bond donors (Lipinski definition) is 3. The van der Waals surface area contributed by atoms with Crippen molar-refractivity contribution in [1.29, 1.82) is 0 Å². The minimum atomic E-state index is -0.776. The fourth-order valence-electron chi connectivity index (χ4n) is 5.42. The predicted molar refractivity (Wildman–Crippen MR) is 171 cm³/mol. The fraction of sp³-hybridized carbons (Fsp3) is 0.200. The Morgan fingerprint density at radius 2 is 1.62 bits per heavy atom. The number of aliphatic hydroxyl groups excluding tert-OH is 1.